The SMILES string of the molecule is CN1CCc2nc(C(=O)NC(CNC(=O)C(=O)Nc3ccc(Cl)cc3C(F)(F)F)C(=O)N(C)C)sc2C1. The molecule has 0 saturated carbocycles. The Labute approximate surface area is 219 Å². The summed E-state index contributed by atoms with van der Waals surface area (Å²) in [6.07, 6.45) is -4.15. The van der Waals surface area contributed by atoms with Crippen LogP contribution < -0.4 is 16.0 Å². The minimum atomic E-state index is -4.83. The number of aromatic nitrogens is 1. The average Bonchev–Trinajstić information content (AvgIpc) is 3.24. The van der Waals surface area contributed by atoms with Gasteiger partial charge in [-0.1, -0.05) is 11.6 Å². The standard InChI is InChI=1S/C22H24ClF3N6O4S/c1-31(2)21(36)15(29-19(35)20-30-14-6-7-32(3)10-16(14)37-20)9-27-17(33)18(34)28-13-5-4-11(23)8-12(13)22(24,25)26/h4-5,8,15H,6-7,9-10H2,1-3H3,(H,27,33)(H,28,34)(H,29,35). The number of benzene rings is 1. The van der Waals surface area contributed by atoms with Gasteiger partial charge in [0.05, 0.1) is 16.9 Å². The lowest BCUT2D eigenvalue weighted by Crippen LogP contribution is -2.53. The zero-order chi connectivity index (χ0) is 27.5. The highest BCUT2D eigenvalue weighted by Crippen LogP contribution is 2.36. The van der Waals surface area contributed by atoms with E-state index in [2.05, 4.69) is 20.5 Å². The lowest BCUT2D eigenvalue weighted by molar-refractivity contribution is -0.138. The van der Waals surface area contributed by atoms with Crippen molar-refractivity contribution in [2.75, 3.05) is 39.5 Å². The molecule has 0 aliphatic carbocycles. The number of halogens is 4. The quantitative estimate of drug-likeness (QED) is 0.463. The Kier molecular flexibility index (Phi) is 8.76. The smallest absolute Gasteiger partial charge is 0.347 e. The zero-order valence-electron chi connectivity index (χ0n) is 20.0. The van der Waals surface area contributed by atoms with Crippen LogP contribution in [0.25, 0.3) is 0 Å². The molecule has 1 aromatic carbocycles. The third-order valence-electron chi connectivity index (χ3n) is 5.37. The maximum atomic E-state index is 13.3. The molecule has 0 saturated heterocycles. The first kappa shape index (κ1) is 28.3. The van der Waals surface area contributed by atoms with Crippen LogP contribution in [-0.2, 0) is 33.5 Å². The molecule has 0 fully saturated rings. The summed E-state index contributed by atoms with van der Waals surface area (Å²) in [5.41, 5.74) is -1.08. The van der Waals surface area contributed by atoms with E-state index in [4.69, 9.17) is 11.6 Å². The van der Waals surface area contributed by atoms with Crippen LogP contribution >= 0.6 is 22.9 Å². The Bertz CT molecular complexity index is 1220. The number of amides is 4. The number of anilines is 1. The molecule has 10 nitrogen and oxygen atoms in total. The first-order valence-electron chi connectivity index (χ1n) is 10.9. The first-order valence-corrected chi connectivity index (χ1v) is 12.1. The topological polar surface area (TPSA) is 124 Å². The maximum absolute atomic E-state index is 13.3. The van der Waals surface area contributed by atoms with Gasteiger partial charge in [-0.2, -0.15) is 13.2 Å². The third-order valence-corrected chi connectivity index (χ3v) is 6.68. The van der Waals surface area contributed by atoms with Crippen LogP contribution in [0.5, 0.6) is 0 Å². The predicted octanol–water partition coefficient (Wildman–Crippen LogP) is 1.74. The molecule has 1 aliphatic rings. The van der Waals surface area contributed by atoms with Crippen molar-refractivity contribution in [3.63, 3.8) is 0 Å². The number of hydrogen-bond acceptors (Lipinski definition) is 7. The molecule has 1 aliphatic heterocycles. The monoisotopic (exact) mass is 560 g/mol. The second-order valence-electron chi connectivity index (χ2n) is 8.49. The van der Waals surface area contributed by atoms with E-state index in [0.29, 0.717) is 19.0 Å². The van der Waals surface area contributed by atoms with E-state index in [1.807, 2.05) is 12.4 Å². The lowest BCUT2D eigenvalue weighted by Gasteiger charge is -2.21. The fourth-order valence-corrected chi connectivity index (χ4v) is 4.73. The molecule has 2 heterocycles. The van der Waals surface area contributed by atoms with Gasteiger partial charge in [-0.05, 0) is 25.2 Å². The van der Waals surface area contributed by atoms with Crippen LogP contribution in [-0.4, -0.2) is 78.7 Å². The number of hydrogen-bond donors (Lipinski definition) is 3. The van der Waals surface area contributed by atoms with Crippen molar-refractivity contribution in [2.24, 2.45) is 0 Å². The Balaban J connectivity index is 1.67. The maximum Gasteiger partial charge on any atom is 0.418 e. The van der Waals surface area contributed by atoms with Crippen molar-refractivity contribution < 1.29 is 32.3 Å². The van der Waals surface area contributed by atoms with Crippen LogP contribution in [0.3, 0.4) is 0 Å². The summed E-state index contributed by atoms with van der Waals surface area (Å²) < 4.78 is 39.8. The van der Waals surface area contributed by atoms with Crippen molar-refractivity contribution in [2.45, 2.75) is 25.2 Å². The lowest BCUT2D eigenvalue weighted by atomic mass is 10.1. The summed E-state index contributed by atoms with van der Waals surface area (Å²) in [4.78, 5) is 58.5. The Morgan fingerprint density at radius 1 is 1.22 bits per heavy atom. The normalized spacial score (nSPS) is 14.4. The predicted molar refractivity (Wildman–Crippen MR) is 130 cm³/mol. The summed E-state index contributed by atoms with van der Waals surface area (Å²) in [7, 11) is 4.82. The van der Waals surface area contributed by atoms with Gasteiger partial charge < -0.3 is 25.8 Å². The summed E-state index contributed by atoms with van der Waals surface area (Å²) >= 11 is 6.82. The molecule has 0 spiro atoms. The van der Waals surface area contributed by atoms with E-state index < -0.39 is 53.6 Å². The molecule has 4 amide bonds. The largest absolute Gasteiger partial charge is 0.418 e. The molecule has 1 unspecified atom stereocenters. The van der Waals surface area contributed by atoms with Gasteiger partial charge in [-0.15, -0.1) is 11.3 Å². The minimum Gasteiger partial charge on any atom is -0.347 e. The zero-order valence-corrected chi connectivity index (χ0v) is 21.6. The molecule has 3 rings (SSSR count). The van der Waals surface area contributed by atoms with Crippen LogP contribution in [0.15, 0.2) is 18.2 Å². The second-order valence-corrected chi connectivity index (χ2v) is 10.0. The van der Waals surface area contributed by atoms with Crippen molar-refractivity contribution in [1.82, 2.24) is 25.4 Å². The van der Waals surface area contributed by atoms with Gasteiger partial charge in [0.1, 0.15) is 6.04 Å². The number of carbonyl (C=O) groups excluding carboxylic acids is 4. The van der Waals surface area contributed by atoms with Crippen molar-refractivity contribution >= 4 is 52.3 Å². The highest BCUT2D eigenvalue weighted by Gasteiger charge is 2.35. The van der Waals surface area contributed by atoms with E-state index in [-0.39, 0.29) is 10.0 Å². The van der Waals surface area contributed by atoms with Gasteiger partial charge in [0.25, 0.3) is 5.91 Å². The molecule has 0 radical (unpaired) electrons. The van der Waals surface area contributed by atoms with Gasteiger partial charge in [0, 0.05) is 50.1 Å². The van der Waals surface area contributed by atoms with E-state index in [1.54, 1.807) is 0 Å². The molecular formula is C22H24ClF3N6O4S. The molecular weight excluding hydrogens is 537 g/mol. The fourth-order valence-electron chi connectivity index (χ4n) is 3.47. The third kappa shape index (κ3) is 7.17. The van der Waals surface area contributed by atoms with Crippen LogP contribution in [0.4, 0.5) is 18.9 Å². The number of carbonyl (C=O) groups is 4. The van der Waals surface area contributed by atoms with Crippen molar-refractivity contribution in [1.29, 1.82) is 0 Å². The number of alkyl halides is 3. The molecule has 1 atom stereocenters. The van der Waals surface area contributed by atoms with E-state index >= 15 is 0 Å². The molecule has 37 heavy (non-hydrogen) atoms. The van der Waals surface area contributed by atoms with Crippen molar-refractivity contribution in [3.8, 4) is 0 Å². The second kappa shape index (κ2) is 11.4. The van der Waals surface area contributed by atoms with E-state index in [9.17, 15) is 32.3 Å². The van der Waals surface area contributed by atoms with Gasteiger partial charge in [0.2, 0.25) is 5.91 Å². The molecule has 0 bridgehead atoms. The summed E-state index contributed by atoms with van der Waals surface area (Å²) in [5.74, 6) is -3.90. The summed E-state index contributed by atoms with van der Waals surface area (Å²) in [6, 6.07) is 1.40. The van der Waals surface area contributed by atoms with Crippen molar-refractivity contribution in [3.05, 3.63) is 44.4 Å². The fraction of sp³-hybridized carbons (Fsp3) is 0.409. The molecule has 2 aromatic rings. The molecule has 15 heteroatoms. The highest BCUT2D eigenvalue weighted by atomic mass is 35.5. The highest BCUT2D eigenvalue weighted by molar-refractivity contribution is 7.13. The Hall–Kier alpha value is -3.23. The number of rotatable bonds is 6. The first-order chi connectivity index (χ1) is 17.3. The van der Waals surface area contributed by atoms with Gasteiger partial charge in [-0.25, -0.2) is 4.98 Å². The van der Waals surface area contributed by atoms with E-state index in [0.717, 1.165) is 29.2 Å². The van der Waals surface area contributed by atoms with Gasteiger partial charge >= 0.3 is 18.0 Å². The molecule has 200 valence electrons. The van der Waals surface area contributed by atoms with Crippen LogP contribution in [0.1, 0.15) is 25.9 Å². The number of nitrogens with zero attached hydrogens (tertiary/aromatic N) is 3. The number of fused-ring (bicyclic) bond motifs is 1. The summed E-state index contributed by atoms with van der Waals surface area (Å²) in [6.45, 7) is 0.957. The summed E-state index contributed by atoms with van der Waals surface area (Å²) in [5, 5.41) is 6.53. The number of likely N-dealkylation sites (N-methyl/N-ethyl adjacent to an activating group) is 2. The minimum absolute atomic E-state index is 0.156. The Morgan fingerprint density at radius 3 is 2.57 bits per heavy atom. The van der Waals surface area contributed by atoms with Gasteiger partial charge in [-0.3, -0.25) is 19.2 Å². The van der Waals surface area contributed by atoms with Crippen LogP contribution in [0, 0.1) is 0 Å². The molecule has 1 aromatic heterocycles. The van der Waals surface area contributed by atoms with Crippen LogP contribution in [0.2, 0.25) is 5.02 Å². The Morgan fingerprint density at radius 2 is 1.92 bits per heavy atom. The molecule has 3 N–H and O–H groups in total. The van der Waals surface area contributed by atoms with Gasteiger partial charge in [0.15, 0.2) is 5.01 Å². The average molecular weight is 561 g/mol. The number of thiazole rings is 1. The number of nitrogens with one attached hydrogen (secondary N) is 3. The van der Waals surface area contributed by atoms with E-state index in [1.165, 1.54) is 30.3 Å².